The van der Waals surface area contributed by atoms with Gasteiger partial charge in [0.1, 0.15) is 4.83 Å². The predicted molar refractivity (Wildman–Crippen MR) is 108 cm³/mol. The van der Waals surface area contributed by atoms with Crippen LogP contribution in [0.1, 0.15) is 11.3 Å². The van der Waals surface area contributed by atoms with Gasteiger partial charge in [-0.2, -0.15) is 4.31 Å². The zero-order valence-electron chi connectivity index (χ0n) is 15.1. The Kier molecular flexibility index (Phi) is 3.80. The van der Waals surface area contributed by atoms with E-state index in [-0.39, 0.29) is 0 Å². The molecule has 5 rings (SSSR count). The van der Waals surface area contributed by atoms with Crippen LogP contribution in [0.5, 0.6) is 0 Å². The molecule has 4 aromatic rings. The smallest absolute Gasteiger partial charge is 0.243 e. The van der Waals surface area contributed by atoms with Gasteiger partial charge in [0.25, 0.3) is 0 Å². The number of H-pyrrole nitrogens is 1. The highest BCUT2D eigenvalue weighted by Gasteiger charge is 2.27. The first kappa shape index (κ1) is 17.1. The van der Waals surface area contributed by atoms with Crippen LogP contribution in [-0.4, -0.2) is 49.0 Å². The number of nitrogens with zero attached hydrogens (tertiary/aromatic N) is 2. The zero-order valence-corrected chi connectivity index (χ0v) is 16.7. The summed E-state index contributed by atoms with van der Waals surface area (Å²) in [4.78, 5) is 9.43. The Morgan fingerprint density at radius 3 is 2.74 bits per heavy atom. The number of rotatable bonds is 2. The van der Waals surface area contributed by atoms with Gasteiger partial charge in [-0.3, -0.25) is 0 Å². The van der Waals surface area contributed by atoms with Gasteiger partial charge in [-0.05, 0) is 37.6 Å². The lowest BCUT2D eigenvalue weighted by molar-refractivity contribution is 0.0730. The fourth-order valence-electron chi connectivity index (χ4n) is 3.81. The van der Waals surface area contributed by atoms with Crippen LogP contribution in [0.25, 0.3) is 31.3 Å². The van der Waals surface area contributed by atoms with Crippen molar-refractivity contribution in [3.63, 3.8) is 0 Å². The van der Waals surface area contributed by atoms with E-state index in [4.69, 9.17) is 4.74 Å². The summed E-state index contributed by atoms with van der Waals surface area (Å²) in [7, 11) is -3.51. The standard InChI is InChI=1S/C19H19N3O3S2/c1-11-9-12(2)20-19-16(11)17-18(26-19)14-4-3-13(10-15(14)21-17)27(23,24)22-5-7-25-8-6-22/h3-4,9-10,21H,5-8H2,1-2H3. The minimum Gasteiger partial charge on any atom is -0.379 e. The van der Waals surface area contributed by atoms with Crippen molar-refractivity contribution in [2.75, 3.05) is 26.3 Å². The number of aromatic amines is 1. The number of ether oxygens (including phenoxy) is 1. The fraction of sp³-hybridized carbons (Fsp3) is 0.316. The van der Waals surface area contributed by atoms with Crippen LogP contribution in [0, 0.1) is 13.8 Å². The molecule has 8 heteroatoms. The molecule has 6 nitrogen and oxygen atoms in total. The molecule has 0 saturated carbocycles. The summed E-state index contributed by atoms with van der Waals surface area (Å²) in [5.41, 5.74) is 4.06. The summed E-state index contributed by atoms with van der Waals surface area (Å²) in [5.74, 6) is 0. The van der Waals surface area contributed by atoms with E-state index >= 15 is 0 Å². The van der Waals surface area contributed by atoms with E-state index in [0.717, 1.165) is 37.0 Å². The fourth-order valence-corrected chi connectivity index (χ4v) is 6.53. The average Bonchev–Trinajstić information content (AvgIpc) is 3.17. The predicted octanol–water partition coefficient (Wildman–Crippen LogP) is 3.57. The summed E-state index contributed by atoms with van der Waals surface area (Å²) in [6, 6.07) is 7.43. The number of thiophene rings is 1. The van der Waals surface area contributed by atoms with Crippen LogP contribution >= 0.6 is 11.3 Å². The van der Waals surface area contributed by atoms with Gasteiger partial charge in [-0.25, -0.2) is 13.4 Å². The average molecular weight is 402 g/mol. The van der Waals surface area contributed by atoms with Crippen molar-refractivity contribution in [1.29, 1.82) is 0 Å². The lowest BCUT2D eigenvalue weighted by Crippen LogP contribution is -2.40. The van der Waals surface area contributed by atoms with Crippen molar-refractivity contribution in [1.82, 2.24) is 14.3 Å². The zero-order chi connectivity index (χ0) is 18.8. The third kappa shape index (κ3) is 2.59. The van der Waals surface area contributed by atoms with Gasteiger partial charge in [-0.1, -0.05) is 6.07 Å². The second kappa shape index (κ2) is 6.00. The molecule has 0 unspecified atom stereocenters. The molecule has 0 amide bonds. The van der Waals surface area contributed by atoms with Crippen LogP contribution in [0.3, 0.4) is 0 Å². The Labute approximate surface area is 160 Å². The summed E-state index contributed by atoms with van der Waals surface area (Å²) < 4.78 is 33.8. The molecule has 27 heavy (non-hydrogen) atoms. The number of nitrogens with one attached hydrogen (secondary N) is 1. The molecule has 1 saturated heterocycles. The molecule has 0 atom stereocenters. The Bertz CT molecular complexity index is 1300. The molecule has 1 N–H and O–H groups in total. The largest absolute Gasteiger partial charge is 0.379 e. The highest BCUT2D eigenvalue weighted by Crippen LogP contribution is 2.39. The number of pyridine rings is 1. The topological polar surface area (TPSA) is 75.3 Å². The Morgan fingerprint density at radius 1 is 1.19 bits per heavy atom. The van der Waals surface area contributed by atoms with E-state index < -0.39 is 10.0 Å². The highest BCUT2D eigenvalue weighted by atomic mass is 32.2. The van der Waals surface area contributed by atoms with Crippen molar-refractivity contribution in [3.05, 3.63) is 35.5 Å². The second-order valence-corrected chi connectivity index (χ2v) is 9.85. The van der Waals surface area contributed by atoms with Gasteiger partial charge in [0.05, 0.1) is 28.3 Å². The number of hydrogen-bond donors (Lipinski definition) is 1. The van der Waals surface area contributed by atoms with E-state index in [0.29, 0.717) is 31.2 Å². The van der Waals surface area contributed by atoms with Crippen molar-refractivity contribution >= 4 is 52.7 Å². The summed E-state index contributed by atoms with van der Waals surface area (Å²) in [5, 5.41) is 2.15. The van der Waals surface area contributed by atoms with Crippen molar-refractivity contribution in [2.24, 2.45) is 0 Å². The van der Waals surface area contributed by atoms with Gasteiger partial charge in [0.2, 0.25) is 10.0 Å². The third-order valence-corrected chi connectivity index (χ3v) is 8.10. The molecule has 0 radical (unpaired) electrons. The highest BCUT2D eigenvalue weighted by molar-refractivity contribution is 7.89. The number of benzene rings is 1. The summed E-state index contributed by atoms with van der Waals surface area (Å²) in [6.07, 6.45) is 0. The van der Waals surface area contributed by atoms with Crippen LogP contribution in [-0.2, 0) is 14.8 Å². The van der Waals surface area contributed by atoms with Crippen molar-refractivity contribution < 1.29 is 13.2 Å². The molecule has 4 heterocycles. The molecule has 1 fully saturated rings. The molecule has 1 aliphatic heterocycles. The molecule has 3 aromatic heterocycles. The Balaban J connectivity index is 1.69. The van der Waals surface area contributed by atoms with Crippen molar-refractivity contribution in [2.45, 2.75) is 18.7 Å². The molecular weight excluding hydrogens is 382 g/mol. The van der Waals surface area contributed by atoms with E-state index in [2.05, 4.69) is 23.0 Å². The molecule has 0 spiro atoms. The third-order valence-electron chi connectivity index (χ3n) is 5.09. The molecule has 140 valence electrons. The first-order chi connectivity index (χ1) is 12.9. The first-order valence-electron chi connectivity index (χ1n) is 8.85. The van der Waals surface area contributed by atoms with Crippen molar-refractivity contribution in [3.8, 4) is 0 Å². The van der Waals surface area contributed by atoms with Gasteiger partial charge in [0, 0.05) is 35.1 Å². The minimum absolute atomic E-state index is 0.320. The number of aryl methyl sites for hydroxylation is 2. The number of aromatic nitrogens is 2. The van der Waals surface area contributed by atoms with Gasteiger partial charge in [-0.15, -0.1) is 11.3 Å². The second-order valence-electron chi connectivity index (χ2n) is 6.92. The van der Waals surface area contributed by atoms with E-state index in [1.807, 2.05) is 13.0 Å². The number of hydrogen-bond acceptors (Lipinski definition) is 5. The van der Waals surface area contributed by atoms with Gasteiger partial charge >= 0.3 is 0 Å². The number of sulfonamides is 1. The molecular formula is C19H19N3O3S2. The SMILES string of the molecule is Cc1cc(C)c2c(n1)sc1c3ccc(S(=O)(=O)N4CCOCC4)cc3[nH]c12. The maximum Gasteiger partial charge on any atom is 0.243 e. The monoisotopic (exact) mass is 401 g/mol. The van der Waals surface area contributed by atoms with E-state index in [1.54, 1.807) is 23.5 Å². The number of morpholine rings is 1. The Morgan fingerprint density at radius 2 is 1.96 bits per heavy atom. The van der Waals surface area contributed by atoms with E-state index in [9.17, 15) is 8.42 Å². The van der Waals surface area contributed by atoms with Gasteiger partial charge < -0.3 is 9.72 Å². The lowest BCUT2D eigenvalue weighted by atomic mass is 10.1. The Hall–Kier alpha value is -2.00. The molecule has 0 bridgehead atoms. The van der Waals surface area contributed by atoms with Crippen LogP contribution in [0.2, 0.25) is 0 Å². The quantitative estimate of drug-likeness (QED) is 0.557. The first-order valence-corrected chi connectivity index (χ1v) is 11.1. The normalized spacial score (nSPS) is 16.7. The molecule has 1 aromatic carbocycles. The maximum atomic E-state index is 12.9. The molecule has 1 aliphatic rings. The van der Waals surface area contributed by atoms with Crippen LogP contribution < -0.4 is 0 Å². The van der Waals surface area contributed by atoms with Crippen LogP contribution in [0.4, 0.5) is 0 Å². The van der Waals surface area contributed by atoms with E-state index in [1.165, 1.54) is 9.87 Å². The maximum absolute atomic E-state index is 12.9. The molecule has 0 aliphatic carbocycles. The number of fused-ring (bicyclic) bond motifs is 5. The lowest BCUT2D eigenvalue weighted by Gasteiger charge is -2.26. The summed E-state index contributed by atoms with van der Waals surface area (Å²) in [6.45, 7) is 5.77. The van der Waals surface area contributed by atoms with Gasteiger partial charge in [0.15, 0.2) is 0 Å². The summed E-state index contributed by atoms with van der Waals surface area (Å²) >= 11 is 1.65. The van der Waals surface area contributed by atoms with Crippen LogP contribution in [0.15, 0.2) is 29.2 Å². The minimum atomic E-state index is -3.51.